The van der Waals surface area contributed by atoms with Crippen molar-refractivity contribution < 1.29 is 0 Å². The summed E-state index contributed by atoms with van der Waals surface area (Å²) in [5.74, 6) is 0. The topological polar surface area (TPSA) is 46.6 Å². The van der Waals surface area contributed by atoms with Crippen molar-refractivity contribution >= 4 is 11.3 Å². The van der Waals surface area contributed by atoms with Crippen LogP contribution in [0.1, 0.15) is 49.4 Å². The number of hydrogen-bond acceptors (Lipinski definition) is 3. The van der Waals surface area contributed by atoms with Crippen LogP contribution in [-0.2, 0) is 6.54 Å². The molecule has 0 bridgehead atoms. The van der Waals surface area contributed by atoms with E-state index in [-0.39, 0.29) is 0 Å². The lowest BCUT2D eigenvalue weighted by atomic mass is 9.98. The maximum absolute atomic E-state index is 6.11. The number of likely N-dealkylation sites (tertiary alicyclic amines) is 1. The Morgan fingerprint density at radius 1 is 1.15 bits per heavy atom. The number of nitrogens with zero attached hydrogens (tertiary/aromatic N) is 3. The fourth-order valence-electron chi connectivity index (χ4n) is 4.48. The van der Waals surface area contributed by atoms with Gasteiger partial charge in [0.2, 0.25) is 0 Å². The minimum Gasteiger partial charge on any atom is -0.398 e. The van der Waals surface area contributed by atoms with Gasteiger partial charge in [-0.2, -0.15) is 0 Å². The smallest absolute Gasteiger partial charge is 0.137 e. The molecule has 1 fully saturated rings. The van der Waals surface area contributed by atoms with Gasteiger partial charge in [-0.1, -0.05) is 37.1 Å². The van der Waals surface area contributed by atoms with Crippen LogP contribution in [0.4, 0.5) is 5.69 Å². The average Bonchev–Trinajstić information content (AvgIpc) is 3.00. The molecule has 1 aliphatic heterocycles. The molecule has 0 radical (unpaired) electrons. The average molecular weight is 363 g/mol. The third kappa shape index (κ3) is 3.46. The monoisotopic (exact) mass is 362 g/mol. The number of hydrogen-bond donors (Lipinski definition) is 1. The zero-order valence-corrected chi connectivity index (χ0v) is 16.7. The van der Waals surface area contributed by atoms with Crippen molar-refractivity contribution in [3.63, 3.8) is 0 Å². The first-order chi connectivity index (χ1) is 13.1. The molecule has 0 amide bonds. The lowest BCUT2D eigenvalue weighted by Gasteiger charge is -2.35. The van der Waals surface area contributed by atoms with Gasteiger partial charge in [-0.15, -0.1) is 0 Å². The summed E-state index contributed by atoms with van der Waals surface area (Å²) in [4.78, 5) is 7.65. The van der Waals surface area contributed by atoms with E-state index >= 15 is 0 Å². The zero-order valence-electron chi connectivity index (χ0n) is 16.7. The first-order valence-electron chi connectivity index (χ1n) is 10.1. The second-order valence-corrected chi connectivity index (χ2v) is 7.94. The lowest BCUT2D eigenvalue weighted by molar-refractivity contribution is 0.134. The molecule has 0 saturated carbocycles. The molecule has 4 heteroatoms. The minimum absolute atomic E-state index is 0.664. The molecule has 4 nitrogen and oxygen atoms in total. The minimum atomic E-state index is 0.664. The number of imidazole rings is 1. The van der Waals surface area contributed by atoms with E-state index in [1.807, 2.05) is 18.3 Å². The van der Waals surface area contributed by atoms with Crippen LogP contribution >= 0.6 is 0 Å². The van der Waals surface area contributed by atoms with Gasteiger partial charge in [0.1, 0.15) is 5.65 Å². The Kier molecular flexibility index (Phi) is 4.92. The number of nitrogens with two attached hydrogens (primary N) is 1. The highest BCUT2D eigenvalue weighted by atomic mass is 15.2. The summed E-state index contributed by atoms with van der Waals surface area (Å²) >= 11 is 0. The van der Waals surface area contributed by atoms with Crippen molar-refractivity contribution in [1.82, 2.24) is 14.3 Å². The highest BCUT2D eigenvalue weighted by molar-refractivity contribution is 5.70. The van der Waals surface area contributed by atoms with E-state index in [0.29, 0.717) is 6.04 Å². The van der Waals surface area contributed by atoms with Gasteiger partial charge in [-0.25, -0.2) is 4.98 Å². The Morgan fingerprint density at radius 3 is 2.78 bits per heavy atom. The highest BCUT2D eigenvalue weighted by Crippen LogP contribution is 2.31. The molecule has 0 aliphatic carbocycles. The second kappa shape index (κ2) is 7.35. The first kappa shape index (κ1) is 18.1. The maximum atomic E-state index is 6.11. The van der Waals surface area contributed by atoms with Crippen LogP contribution in [0.25, 0.3) is 16.9 Å². The maximum Gasteiger partial charge on any atom is 0.137 e. The molecule has 142 valence electrons. The Bertz CT molecular complexity index is 956. The zero-order chi connectivity index (χ0) is 19.0. The van der Waals surface area contributed by atoms with Gasteiger partial charge < -0.3 is 10.1 Å². The predicted octanol–water partition coefficient (Wildman–Crippen LogP) is 4.96. The summed E-state index contributed by atoms with van der Waals surface area (Å²) < 4.78 is 2.20. The number of nitrogen functional groups attached to an aromatic ring is 1. The van der Waals surface area contributed by atoms with Crippen molar-refractivity contribution in [2.45, 2.75) is 59.0 Å². The number of aryl methyl sites for hydroxylation is 2. The van der Waals surface area contributed by atoms with E-state index < -0.39 is 0 Å². The molecule has 1 saturated heterocycles. The molecule has 2 aromatic heterocycles. The number of benzene rings is 1. The van der Waals surface area contributed by atoms with Crippen molar-refractivity contribution in [1.29, 1.82) is 0 Å². The molecular formula is C23H30N4. The molecule has 1 aliphatic rings. The van der Waals surface area contributed by atoms with Gasteiger partial charge in [0, 0.05) is 30.0 Å². The number of anilines is 1. The van der Waals surface area contributed by atoms with Crippen molar-refractivity contribution in [3.05, 3.63) is 53.3 Å². The fourth-order valence-corrected chi connectivity index (χ4v) is 4.48. The molecule has 2 N–H and O–H groups in total. The first-order valence-corrected chi connectivity index (χ1v) is 10.1. The number of rotatable bonds is 4. The summed E-state index contributed by atoms with van der Waals surface area (Å²) in [6.45, 7) is 8.72. The van der Waals surface area contributed by atoms with E-state index in [9.17, 15) is 0 Å². The summed E-state index contributed by atoms with van der Waals surface area (Å²) in [6, 6.07) is 11.3. The summed E-state index contributed by atoms with van der Waals surface area (Å²) in [5, 5.41) is 0. The summed E-state index contributed by atoms with van der Waals surface area (Å²) in [5.41, 5.74) is 14.0. The van der Waals surface area contributed by atoms with Crippen LogP contribution in [0, 0.1) is 13.8 Å². The standard InChI is InChI=1S/C23H30N4/c1-4-19-7-5-6-12-26(19)15-21-23(20-10-8-16(2)13-17(20)3)25-22-11-9-18(24)14-27(21)22/h8-11,13-14,19H,4-7,12,15,24H2,1-3H3. The molecule has 1 aromatic carbocycles. The Hall–Kier alpha value is -2.33. The Morgan fingerprint density at radius 2 is 2.00 bits per heavy atom. The number of aromatic nitrogens is 2. The normalized spacial score (nSPS) is 18.3. The van der Waals surface area contributed by atoms with Crippen molar-refractivity contribution in [2.75, 3.05) is 12.3 Å². The predicted molar refractivity (Wildman–Crippen MR) is 113 cm³/mol. The molecule has 4 rings (SSSR count). The fraction of sp³-hybridized carbons (Fsp3) is 0.435. The second-order valence-electron chi connectivity index (χ2n) is 7.94. The quantitative estimate of drug-likeness (QED) is 0.713. The largest absolute Gasteiger partial charge is 0.398 e. The molecule has 3 aromatic rings. The van der Waals surface area contributed by atoms with Crippen molar-refractivity contribution in [2.24, 2.45) is 0 Å². The van der Waals surface area contributed by atoms with Crippen LogP contribution in [0.15, 0.2) is 36.5 Å². The molecule has 3 heterocycles. The number of piperidine rings is 1. The van der Waals surface area contributed by atoms with E-state index in [0.717, 1.165) is 23.6 Å². The number of pyridine rings is 1. The van der Waals surface area contributed by atoms with E-state index in [2.05, 4.69) is 48.3 Å². The molecule has 1 unspecified atom stereocenters. The van der Waals surface area contributed by atoms with Crippen LogP contribution in [0.3, 0.4) is 0 Å². The van der Waals surface area contributed by atoms with Gasteiger partial charge in [0.25, 0.3) is 0 Å². The highest BCUT2D eigenvalue weighted by Gasteiger charge is 2.24. The van der Waals surface area contributed by atoms with E-state index in [1.165, 1.54) is 54.6 Å². The van der Waals surface area contributed by atoms with Gasteiger partial charge >= 0.3 is 0 Å². The molecule has 0 spiro atoms. The third-order valence-corrected chi connectivity index (χ3v) is 5.95. The van der Waals surface area contributed by atoms with Crippen molar-refractivity contribution in [3.8, 4) is 11.3 Å². The Balaban J connectivity index is 1.84. The van der Waals surface area contributed by atoms with E-state index in [1.54, 1.807) is 0 Å². The Labute approximate surface area is 162 Å². The summed E-state index contributed by atoms with van der Waals surface area (Å²) in [6.07, 6.45) is 7.16. The number of fused-ring (bicyclic) bond motifs is 1. The van der Waals surface area contributed by atoms with Crippen LogP contribution < -0.4 is 5.73 Å². The molecule has 1 atom stereocenters. The summed E-state index contributed by atoms with van der Waals surface area (Å²) in [7, 11) is 0. The van der Waals surface area contributed by atoms with Crippen LogP contribution in [0.5, 0.6) is 0 Å². The van der Waals surface area contributed by atoms with E-state index in [4.69, 9.17) is 10.7 Å². The third-order valence-electron chi connectivity index (χ3n) is 5.95. The van der Waals surface area contributed by atoms with Gasteiger partial charge in [0.05, 0.1) is 11.4 Å². The lowest BCUT2D eigenvalue weighted by Crippen LogP contribution is -2.38. The van der Waals surface area contributed by atoms with Crippen LogP contribution in [0.2, 0.25) is 0 Å². The molecule has 27 heavy (non-hydrogen) atoms. The SMILES string of the molecule is CCC1CCCCN1Cc1c(-c2ccc(C)cc2C)nc2ccc(N)cn12. The van der Waals surface area contributed by atoms with Gasteiger partial charge in [0.15, 0.2) is 0 Å². The van der Waals surface area contributed by atoms with Gasteiger partial charge in [-0.05, 0) is 57.4 Å². The van der Waals surface area contributed by atoms with Crippen LogP contribution in [-0.4, -0.2) is 26.9 Å². The molecular weight excluding hydrogens is 332 g/mol. The van der Waals surface area contributed by atoms with Gasteiger partial charge in [-0.3, -0.25) is 4.90 Å².